The smallest absolute Gasteiger partial charge is 0.239 e. The van der Waals surface area contributed by atoms with Crippen LogP contribution in [0.25, 0.3) is 22.3 Å². The lowest BCUT2D eigenvalue weighted by molar-refractivity contribution is -0.268. The summed E-state index contributed by atoms with van der Waals surface area (Å²) < 4.78 is 27.2. The van der Waals surface area contributed by atoms with Gasteiger partial charge in [0, 0.05) is 17.7 Å². The molecule has 0 aliphatic carbocycles. The molecule has 2 unspecified atom stereocenters. The monoisotopic (exact) mass is 492 g/mol. The Morgan fingerprint density at radius 2 is 1.57 bits per heavy atom. The minimum absolute atomic E-state index is 0.00844. The number of phenolic OH excluding ortho intramolecular Hbond substituents is 3. The fourth-order valence-electron chi connectivity index (χ4n) is 3.87. The van der Waals surface area contributed by atoms with Crippen molar-refractivity contribution >= 4 is 11.0 Å². The maximum atomic E-state index is 13.4. The number of methoxy groups -OCH3 is 2. The molecule has 0 saturated carbocycles. The minimum atomic E-state index is -1.75. The fourth-order valence-corrected chi connectivity index (χ4v) is 3.87. The minimum Gasteiger partial charge on any atom is -0.508 e. The highest BCUT2D eigenvalue weighted by Crippen LogP contribution is 2.44. The third-order valence-electron chi connectivity index (χ3n) is 5.68. The number of hydrogen-bond acceptors (Lipinski definition) is 12. The molecule has 5 atom stereocenters. The van der Waals surface area contributed by atoms with E-state index in [1.165, 1.54) is 33.3 Å². The average molecular weight is 492 g/mol. The summed E-state index contributed by atoms with van der Waals surface area (Å²) >= 11 is 0. The first-order chi connectivity index (χ1) is 16.6. The Morgan fingerprint density at radius 3 is 2.23 bits per heavy atom. The van der Waals surface area contributed by atoms with Crippen LogP contribution in [0.2, 0.25) is 0 Å². The Balaban J connectivity index is 1.96. The van der Waals surface area contributed by atoms with Crippen LogP contribution in [-0.2, 0) is 4.74 Å². The molecule has 2 aromatic carbocycles. The molecule has 0 amide bonds. The van der Waals surface area contributed by atoms with Crippen LogP contribution in [0.4, 0.5) is 0 Å². The molecule has 188 valence electrons. The molecule has 0 bridgehead atoms. The van der Waals surface area contributed by atoms with E-state index in [0.717, 1.165) is 12.1 Å². The summed E-state index contributed by atoms with van der Waals surface area (Å²) in [4.78, 5) is 13.4. The maximum absolute atomic E-state index is 13.4. The molecule has 12 nitrogen and oxygen atoms in total. The molecule has 0 spiro atoms. The van der Waals surface area contributed by atoms with Crippen LogP contribution in [0.15, 0.2) is 33.5 Å². The van der Waals surface area contributed by atoms with Gasteiger partial charge in [0.25, 0.3) is 0 Å². The second-order valence-corrected chi connectivity index (χ2v) is 7.96. The summed E-state index contributed by atoms with van der Waals surface area (Å²) in [6.45, 7) is 1.43. The zero-order valence-corrected chi connectivity index (χ0v) is 18.8. The Hall–Kier alpha value is -3.71. The third-order valence-corrected chi connectivity index (χ3v) is 5.68. The summed E-state index contributed by atoms with van der Waals surface area (Å²) in [5.41, 5.74) is -1.05. The van der Waals surface area contributed by atoms with Crippen molar-refractivity contribution in [1.29, 1.82) is 0 Å². The van der Waals surface area contributed by atoms with Crippen molar-refractivity contribution in [2.45, 2.75) is 37.6 Å². The van der Waals surface area contributed by atoms with Gasteiger partial charge in [0.15, 0.2) is 17.3 Å². The molecular formula is C23H24O12. The van der Waals surface area contributed by atoms with Crippen LogP contribution in [0.3, 0.4) is 0 Å². The molecular weight excluding hydrogens is 468 g/mol. The molecule has 12 heteroatoms. The van der Waals surface area contributed by atoms with Gasteiger partial charge in [-0.05, 0) is 19.1 Å². The van der Waals surface area contributed by atoms with Crippen molar-refractivity contribution in [3.63, 3.8) is 0 Å². The number of fused-ring (bicyclic) bond motifs is 1. The molecule has 1 fully saturated rings. The first kappa shape index (κ1) is 24.4. The van der Waals surface area contributed by atoms with Gasteiger partial charge >= 0.3 is 0 Å². The zero-order valence-electron chi connectivity index (χ0n) is 18.8. The number of ether oxygens (including phenoxy) is 4. The first-order valence-electron chi connectivity index (χ1n) is 10.4. The second kappa shape index (κ2) is 9.15. The van der Waals surface area contributed by atoms with Crippen molar-refractivity contribution in [2.24, 2.45) is 0 Å². The predicted octanol–water partition coefficient (Wildman–Crippen LogP) is 0.800. The predicted molar refractivity (Wildman–Crippen MR) is 119 cm³/mol. The largest absolute Gasteiger partial charge is 0.508 e. The number of rotatable bonds is 5. The maximum Gasteiger partial charge on any atom is 0.239 e. The number of aliphatic hydroxyl groups is 3. The zero-order chi connectivity index (χ0) is 25.6. The lowest BCUT2D eigenvalue weighted by Gasteiger charge is -2.38. The van der Waals surface area contributed by atoms with E-state index in [-0.39, 0.29) is 45.3 Å². The van der Waals surface area contributed by atoms with E-state index in [1.807, 2.05) is 0 Å². The Morgan fingerprint density at radius 1 is 0.857 bits per heavy atom. The third kappa shape index (κ3) is 4.17. The van der Waals surface area contributed by atoms with E-state index < -0.39 is 47.6 Å². The van der Waals surface area contributed by atoms with Gasteiger partial charge in [0.2, 0.25) is 23.2 Å². The highest BCUT2D eigenvalue weighted by Gasteiger charge is 2.44. The van der Waals surface area contributed by atoms with Gasteiger partial charge in [0.05, 0.1) is 20.3 Å². The molecule has 4 rings (SSSR count). The topological polar surface area (TPSA) is 189 Å². The Kier molecular flexibility index (Phi) is 6.38. The molecule has 1 aliphatic rings. The number of aliphatic hydroxyl groups excluding tert-OH is 3. The van der Waals surface area contributed by atoms with Gasteiger partial charge in [-0.15, -0.1) is 0 Å². The van der Waals surface area contributed by atoms with E-state index >= 15 is 0 Å². The van der Waals surface area contributed by atoms with Gasteiger partial charge in [-0.1, -0.05) is 0 Å². The fraction of sp³-hybridized carbons (Fsp3) is 0.348. The van der Waals surface area contributed by atoms with Crippen LogP contribution in [-0.4, -0.2) is 75.6 Å². The van der Waals surface area contributed by atoms with Crippen molar-refractivity contribution in [3.8, 4) is 45.8 Å². The molecule has 0 radical (unpaired) electrons. The lowest BCUT2D eigenvalue weighted by Crippen LogP contribution is -2.58. The van der Waals surface area contributed by atoms with Crippen LogP contribution >= 0.6 is 0 Å². The summed E-state index contributed by atoms with van der Waals surface area (Å²) in [5, 5.41) is 60.7. The molecule has 6 N–H and O–H groups in total. The summed E-state index contributed by atoms with van der Waals surface area (Å²) in [7, 11) is 2.64. The molecule has 1 aromatic heterocycles. The van der Waals surface area contributed by atoms with Crippen molar-refractivity contribution in [1.82, 2.24) is 0 Å². The first-order valence-corrected chi connectivity index (χ1v) is 10.4. The standard InChI is InChI=1S/C23H24O12/c1-8-16(27)18(29)19(30)23(33-8)35-22-17(28)15-11(25)6-10(24)7-13(15)34-20(22)9-4-12(26)21(32-3)14(5-9)31-2/h4-8,16,18-19,23-27,29-30H,1-3H3/t8?,16-,18?,19-,23-/m0/s1. The van der Waals surface area contributed by atoms with Crippen molar-refractivity contribution in [2.75, 3.05) is 14.2 Å². The molecule has 35 heavy (non-hydrogen) atoms. The van der Waals surface area contributed by atoms with E-state index in [9.17, 15) is 35.4 Å². The lowest BCUT2D eigenvalue weighted by atomic mass is 10.00. The summed E-state index contributed by atoms with van der Waals surface area (Å²) in [5.74, 6) is -2.10. The van der Waals surface area contributed by atoms with Crippen molar-refractivity contribution in [3.05, 3.63) is 34.5 Å². The van der Waals surface area contributed by atoms with E-state index in [2.05, 4.69) is 0 Å². The molecule has 1 saturated heterocycles. The average Bonchev–Trinajstić information content (AvgIpc) is 2.81. The van der Waals surface area contributed by atoms with Crippen LogP contribution in [0.5, 0.6) is 34.5 Å². The highest BCUT2D eigenvalue weighted by atomic mass is 16.7. The number of aromatic hydroxyl groups is 3. The quantitative estimate of drug-likeness (QED) is 0.294. The Labute approximate surface area is 197 Å². The summed E-state index contributed by atoms with van der Waals surface area (Å²) in [6.07, 6.45) is -7.39. The molecule has 3 aromatic rings. The Bertz CT molecular complexity index is 1320. The van der Waals surface area contributed by atoms with Gasteiger partial charge < -0.3 is 54.0 Å². The molecule has 1 aliphatic heterocycles. The van der Waals surface area contributed by atoms with Crippen molar-refractivity contribution < 1.29 is 54.0 Å². The van der Waals surface area contributed by atoms with Gasteiger partial charge in [0.1, 0.15) is 40.8 Å². The highest BCUT2D eigenvalue weighted by molar-refractivity contribution is 5.88. The van der Waals surface area contributed by atoms with E-state index in [0.29, 0.717) is 0 Å². The van der Waals surface area contributed by atoms with Gasteiger partial charge in [-0.25, -0.2) is 0 Å². The van der Waals surface area contributed by atoms with Crippen LogP contribution in [0.1, 0.15) is 6.92 Å². The molecule has 2 heterocycles. The number of phenols is 3. The number of hydrogen-bond donors (Lipinski definition) is 6. The van der Waals surface area contributed by atoms with E-state index in [1.54, 1.807) is 0 Å². The van der Waals surface area contributed by atoms with Crippen LogP contribution in [0, 0.1) is 0 Å². The number of benzene rings is 2. The second-order valence-electron chi connectivity index (χ2n) is 7.96. The SMILES string of the molecule is COc1cc(-c2oc3cc(O)cc(O)c3c(=O)c2O[C@@H]2OC(C)[C@H](O)C(O)[C@@H]2O)cc(O)c1OC. The van der Waals surface area contributed by atoms with E-state index in [4.69, 9.17) is 23.4 Å². The normalized spacial score (nSPS) is 24.3. The van der Waals surface area contributed by atoms with Crippen LogP contribution < -0.4 is 19.6 Å². The van der Waals surface area contributed by atoms with Gasteiger partial charge in [-0.3, -0.25) is 4.79 Å². The summed E-state index contributed by atoms with van der Waals surface area (Å²) in [6, 6.07) is 4.59. The van der Waals surface area contributed by atoms with Gasteiger partial charge in [-0.2, -0.15) is 0 Å².